The summed E-state index contributed by atoms with van der Waals surface area (Å²) in [6, 6.07) is 6.54. The van der Waals surface area contributed by atoms with Crippen molar-refractivity contribution in [2.24, 2.45) is 5.73 Å². The highest BCUT2D eigenvalue weighted by molar-refractivity contribution is 7.09. The van der Waals surface area contributed by atoms with Crippen LogP contribution in [0.5, 0.6) is 0 Å². The van der Waals surface area contributed by atoms with E-state index in [1.54, 1.807) is 35.5 Å². The molecule has 0 aliphatic heterocycles. The monoisotopic (exact) mass is 379 g/mol. The lowest BCUT2D eigenvalue weighted by Gasteiger charge is -2.22. The molecule has 1 aromatic carbocycles. The van der Waals surface area contributed by atoms with Gasteiger partial charge in [0.2, 0.25) is 0 Å². The topological polar surface area (TPSA) is 59.2 Å². The van der Waals surface area contributed by atoms with Crippen LogP contribution in [0, 0.1) is 5.82 Å². The normalized spacial score (nSPS) is 11.1. The number of hydrogen-bond acceptors (Lipinski definition) is 4. The van der Waals surface area contributed by atoms with Gasteiger partial charge in [0.1, 0.15) is 11.5 Å². The van der Waals surface area contributed by atoms with Crippen LogP contribution in [0.4, 0.5) is 4.39 Å². The predicted molar refractivity (Wildman–Crippen MR) is 96.4 cm³/mol. The van der Waals surface area contributed by atoms with Crippen LogP contribution >= 0.6 is 36.2 Å². The smallest absolute Gasteiger partial charge is 0.273 e. The van der Waals surface area contributed by atoms with E-state index in [4.69, 9.17) is 5.73 Å². The van der Waals surface area contributed by atoms with Crippen molar-refractivity contribution in [2.45, 2.75) is 19.4 Å². The third-order valence-electron chi connectivity index (χ3n) is 3.39. The molecule has 128 valence electrons. The third kappa shape index (κ3) is 5.42. The number of nitrogens with zero attached hydrogens (tertiary/aromatic N) is 2. The molecule has 0 saturated heterocycles. The Kier molecular flexibility index (Phi) is 9.31. The lowest BCUT2D eigenvalue weighted by molar-refractivity contribution is 0.0743. The largest absolute Gasteiger partial charge is 0.336 e. The first-order chi connectivity index (χ1) is 10.0. The van der Waals surface area contributed by atoms with Crippen molar-refractivity contribution in [3.8, 4) is 0 Å². The van der Waals surface area contributed by atoms with E-state index < -0.39 is 0 Å². The first kappa shape index (κ1) is 21.8. The van der Waals surface area contributed by atoms with Crippen molar-refractivity contribution in [1.29, 1.82) is 0 Å². The number of thiazole rings is 1. The van der Waals surface area contributed by atoms with Crippen LogP contribution < -0.4 is 5.73 Å². The van der Waals surface area contributed by atoms with Gasteiger partial charge < -0.3 is 10.6 Å². The summed E-state index contributed by atoms with van der Waals surface area (Å²) >= 11 is 1.36. The minimum atomic E-state index is -0.255. The summed E-state index contributed by atoms with van der Waals surface area (Å²) in [5, 5.41) is 2.43. The average molecular weight is 380 g/mol. The molecule has 23 heavy (non-hydrogen) atoms. The summed E-state index contributed by atoms with van der Waals surface area (Å²) in [4.78, 5) is 18.1. The van der Waals surface area contributed by atoms with Gasteiger partial charge in [0.25, 0.3) is 5.91 Å². The number of likely N-dealkylation sites (N-methyl/N-ethyl adjacent to an activating group) is 1. The molecule has 1 atom stereocenters. The van der Waals surface area contributed by atoms with Gasteiger partial charge in [0.15, 0.2) is 0 Å². The number of hydrogen-bond donors (Lipinski definition) is 1. The van der Waals surface area contributed by atoms with Crippen LogP contribution in [0.1, 0.15) is 28.0 Å². The highest BCUT2D eigenvalue weighted by atomic mass is 35.5. The Bertz CT molecular complexity index is 639. The fourth-order valence-electron chi connectivity index (χ4n) is 1.83. The number of amides is 1. The van der Waals surface area contributed by atoms with Crippen molar-refractivity contribution in [1.82, 2.24) is 9.88 Å². The van der Waals surface area contributed by atoms with Crippen molar-refractivity contribution in [2.75, 3.05) is 13.6 Å². The molecule has 0 bridgehead atoms. The number of benzene rings is 1. The SMILES string of the molecule is CC(CN)N(C)C(=O)c1csc(Cc2ccccc2F)n1.Cl.Cl. The molecule has 4 nitrogen and oxygen atoms in total. The van der Waals surface area contributed by atoms with Crippen LogP contribution in [-0.2, 0) is 6.42 Å². The average Bonchev–Trinajstić information content (AvgIpc) is 2.95. The minimum Gasteiger partial charge on any atom is -0.336 e. The van der Waals surface area contributed by atoms with E-state index in [1.807, 2.05) is 6.92 Å². The molecule has 0 saturated carbocycles. The maximum Gasteiger partial charge on any atom is 0.273 e. The summed E-state index contributed by atoms with van der Waals surface area (Å²) in [6.07, 6.45) is 0.390. The maximum absolute atomic E-state index is 13.6. The molecule has 1 amide bonds. The van der Waals surface area contributed by atoms with Crippen molar-refractivity contribution in [3.05, 3.63) is 51.7 Å². The Hall–Kier alpha value is -1.21. The highest BCUT2D eigenvalue weighted by Gasteiger charge is 2.19. The van der Waals surface area contributed by atoms with E-state index in [-0.39, 0.29) is 42.6 Å². The first-order valence-electron chi connectivity index (χ1n) is 6.68. The summed E-state index contributed by atoms with van der Waals surface area (Å²) < 4.78 is 13.6. The van der Waals surface area contributed by atoms with Crippen molar-refractivity contribution in [3.63, 3.8) is 0 Å². The van der Waals surface area contributed by atoms with E-state index in [9.17, 15) is 9.18 Å². The van der Waals surface area contributed by atoms with E-state index in [0.717, 1.165) is 5.01 Å². The molecule has 8 heteroatoms. The Labute approximate surface area is 151 Å². The molecule has 2 aromatic rings. The molecule has 2 N–H and O–H groups in total. The van der Waals surface area contributed by atoms with Gasteiger partial charge in [-0.2, -0.15) is 0 Å². The molecule has 0 spiro atoms. The number of rotatable bonds is 5. The molecule has 1 unspecified atom stereocenters. The quantitative estimate of drug-likeness (QED) is 0.867. The number of carbonyl (C=O) groups is 1. The van der Waals surface area contributed by atoms with Crippen LogP contribution in [0.25, 0.3) is 0 Å². The van der Waals surface area contributed by atoms with E-state index >= 15 is 0 Å². The lowest BCUT2D eigenvalue weighted by atomic mass is 10.1. The zero-order chi connectivity index (χ0) is 15.4. The standard InChI is InChI=1S/C15H18FN3OS.2ClH/c1-10(8-17)19(2)15(20)13-9-21-14(18-13)7-11-5-3-4-6-12(11)16;;/h3-6,9-10H,7-8,17H2,1-2H3;2*1H. The number of nitrogens with two attached hydrogens (primary N) is 1. The molecule has 0 fully saturated rings. The van der Waals surface area contributed by atoms with Gasteiger partial charge in [-0.25, -0.2) is 9.37 Å². The van der Waals surface area contributed by atoms with E-state index in [1.165, 1.54) is 17.4 Å². The van der Waals surface area contributed by atoms with Gasteiger partial charge in [-0.3, -0.25) is 4.79 Å². The molecule has 2 rings (SSSR count). The van der Waals surface area contributed by atoms with Crippen LogP contribution in [0.15, 0.2) is 29.6 Å². The second-order valence-corrected chi connectivity index (χ2v) is 5.84. The summed E-state index contributed by atoms with van der Waals surface area (Å²) in [7, 11) is 1.70. The molecule has 0 radical (unpaired) electrons. The number of halogens is 3. The summed E-state index contributed by atoms with van der Waals surface area (Å²) in [5.74, 6) is -0.418. The number of carbonyl (C=O) groups excluding carboxylic acids is 1. The fraction of sp³-hybridized carbons (Fsp3) is 0.333. The van der Waals surface area contributed by atoms with Crippen molar-refractivity contribution >= 4 is 42.1 Å². The molecular weight excluding hydrogens is 360 g/mol. The van der Waals surface area contributed by atoms with Crippen LogP contribution in [0.3, 0.4) is 0 Å². The van der Waals surface area contributed by atoms with Gasteiger partial charge in [-0.1, -0.05) is 18.2 Å². The van der Waals surface area contributed by atoms with Gasteiger partial charge in [-0.05, 0) is 18.6 Å². The molecule has 0 aliphatic rings. The van der Waals surface area contributed by atoms with E-state index in [0.29, 0.717) is 24.2 Å². The first-order valence-corrected chi connectivity index (χ1v) is 7.56. The minimum absolute atomic E-state index is 0. The zero-order valence-electron chi connectivity index (χ0n) is 12.9. The summed E-state index contributed by atoms with van der Waals surface area (Å²) in [5.41, 5.74) is 6.52. The van der Waals surface area contributed by atoms with E-state index in [2.05, 4.69) is 4.98 Å². The van der Waals surface area contributed by atoms with Crippen LogP contribution in [0.2, 0.25) is 0 Å². The predicted octanol–water partition coefficient (Wildman–Crippen LogP) is 3.14. The maximum atomic E-state index is 13.6. The molecular formula is C15H20Cl2FN3OS. The Balaban J connectivity index is 0.00000242. The lowest BCUT2D eigenvalue weighted by Crippen LogP contribution is -2.39. The second kappa shape index (κ2) is 9.82. The highest BCUT2D eigenvalue weighted by Crippen LogP contribution is 2.18. The Morgan fingerprint density at radius 1 is 1.39 bits per heavy atom. The van der Waals surface area contributed by atoms with Gasteiger partial charge in [-0.15, -0.1) is 36.2 Å². The van der Waals surface area contributed by atoms with Crippen LogP contribution in [-0.4, -0.2) is 35.4 Å². The molecule has 1 heterocycles. The van der Waals surface area contributed by atoms with Gasteiger partial charge in [0, 0.05) is 31.4 Å². The summed E-state index contributed by atoms with van der Waals surface area (Å²) in [6.45, 7) is 2.28. The zero-order valence-corrected chi connectivity index (χ0v) is 15.3. The molecule has 1 aromatic heterocycles. The van der Waals surface area contributed by atoms with Gasteiger partial charge in [0.05, 0.1) is 5.01 Å². The van der Waals surface area contributed by atoms with Crippen molar-refractivity contribution < 1.29 is 9.18 Å². The second-order valence-electron chi connectivity index (χ2n) is 4.90. The third-order valence-corrected chi connectivity index (χ3v) is 4.24. The fourth-order valence-corrected chi connectivity index (χ4v) is 2.63. The van der Waals surface area contributed by atoms with Gasteiger partial charge >= 0.3 is 0 Å². The number of aromatic nitrogens is 1. The molecule has 0 aliphatic carbocycles. The Morgan fingerprint density at radius 3 is 2.65 bits per heavy atom. The Morgan fingerprint density at radius 2 is 2.04 bits per heavy atom.